The number of ether oxygens (including phenoxy) is 1. The Morgan fingerprint density at radius 2 is 1.48 bits per heavy atom. The van der Waals surface area contributed by atoms with Gasteiger partial charge in [0.2, 0.25) is 0 Å². The van der Waals surface area contributed by atoms with Gasteiger partial charge in [-0.3, -0.25) is 4.79 Å². The van der Waals surface area contributed by atoms with E-state index in [1.54, 1.807) is 0 Å². The standard InChI is InChI=1S/C20H36O8.5Ac/c1-11(22)20(19(27)7-5-12(6-8-19)18(2,3)4)9-13(23)15(25)17(28-20)16(26)14(24)10-21;;;;;/h12-17,21,23-27H,5-10H2,1-4H3;;;;;/t12?,13-,14?,15+,16?,17?,19?,20+;;;;;/m0...../s1. The molecule has 179 valence electrons. The minimum atomic E-state index is -1.81. The van der Waals surface area contributed by atoms with Crippen molar-refractivity contribution in [1.82, 2.24) is 0 Å². The molecule has 1 aliphatic carbocycles. The van der Waals surface area contributed by atoms with Crippen LogP contribution < -0.4 is 0 Å². The summed E-state index contributed by atoms with van der Waals surface area (Å²) in [4.78, 5) is 12.7. The quantitative estimate of drug-likeness (QED) is 0.217. The topological polar surface area (TPSA) is 148 Å². The molecular weight excluding hydrogens is 1500 g/mol. The van der Waals surface area contributed by atoms with Gasteiger partial charge in [-0.25, -0.2) is 0 Å². The SMILES string of the molecule is CC(=O)[C@@]1(C2(O)CCC(C(C)(C)C)CC2)C[C@H](O)[C@@H](O)C(C(O)C(O)CO)O1.[Ac].[Ac].[Ac].[Ac].[Ac]. The van der Waals surface area contributed by atoms with Crippen LogP contribution in [0.4, 0.5) is 0 Å². The molecule has 3 unspecified atom stereocenters. The first-order valence-corrected chi connectivity index (χ1v) is 10.0. The third-order valence-corrected chi connectivity index (χ3v) is 6.84. The zero-order valence-electron chi connectivity index (χ0n) is 20.1. The second-order valence-corrected chi connectivity index (χ2v) is 9.64. The van der Waals surface area contributed by atoms with Crippen LogP contribution in [-0.4, -0.2) is 84.8 Å². The molecule has 0 spiro atoms. The molecule has 33 heavy (non-hydrogen) atoms. The van der Waals surface area contributed by atoms with Crippen molar-refractivity contribution >= 4 is 5.78 Å². The molecule has 0 aromatic heterocycles. The Balaban J connectivity index is -0.000000841. The molecule has 6 N–H and O–H groups in total. The zero-order chi connectivity index (χ0) is 21.5. The van der Waals surface area contributed by atoms with E-state index in [1.165, 1.54) is 6.92 Å². The van der Waals surface area contributed by atoms with Crippen LogP contribution in [-0.2, 0) is 9.53 Å². The molecule has 0 bridgehead atoms. The predicted octanol–water partition coefficient (Wildman–Crippen LogP) is -0.494. The van der Waals surface area contributed by atoms with E-state index in [-0.39, 0.29) is 245 Å². The zero-order valence-corrected chi connectivity index (χ0v) is 43.8. The molecule has 2 fully saturated rings. The van der Waals surface area contributed by atoms with Crippen LogP contribution in [0.1, 0.15) is 59.8 Å². The van der Waals surface area contributed by atoms with Crippen molar-refractivity contribution in [2.24, 2.45) is 11.3 Å². The maximum Gasteiger partial charge on any atom is 0.164 e. The molecule has 1 saturated carbocycles. The molecule has 1 heterocycles. The number of rotatable bonds is 5. The number of aliphatic hydroxyl groups excluding tert-OH is 5. The Morgan fingerprint density at radius 1 is 1.03 bits per heavy atom. The maximum atomic E-state index is 12.7. The van der Waals surface area contributed by atoms with Gasteiger partial charge < -0.3 is 35.4 Å². The van der Waals surface area contributed by atoms with Crippen LogP contribution in [0.3, 0.4) is 0 Å². The van der Waals surface area contributed by atoms with Gasteiger partial charge in [-0.2, -0.15) is 0 Å². The van der Waals surface area contributed by atoms with E-state index in [0.717, 1.165) is 0 Å². The van der Waals surface area contributed by atoms with E-state index in [2.05, 4.69) is 20.8 Å². The fourth-order valence-electron chi connectivity index (χ4n) is 4.80. The normalized spacial score (nSPS) is 35.7. The Kier molecular flexibility index (Phi) is 27.8. The minimum Gasteiger partial charge on any atom is -0.394 e. The predicted molar refractivity (Wildman–Crippen MR) is 100 cm³/mol. The minimum absolute atomic E-state index is 0. The first-order chi connectivity index (χ1) is 12.8. The van der Waals surface area contributed by atoms with Crippen LogP contribution in [0.5, 0.6) is 0 Å². The smallest absolute Gasteiger partial charge is 0.164 e. The first kappa shape index (κ1) is 46.6. The van der Waals surface area contributed by atoms with Crippen LogP contribution in [0, 0.1) is 232 Å². The second-order valence-electron chi connectivity index (χ2n) is 9.64. The summed E-state index contributed by atoms with van der Waals surface area (Å²) in [5.41, 5.74) is -3.32. The third-order valence-electron chi connectivity index (χ3n) is 6.84. The van der Waals surface area contributed by atoms with Gasteiger partial charge in [-0.15, -0.1) is 0 Å². The molecule has 2 aliphatic rings. The summed E-state index contributed by atoms with van der Waals surface area (Å²) in [6.07, 6.45) is -6.30. The summed E-state index contributed by atoms with van der Waals surface area (Å²) in [6, 6.07) is 0. The second kappa shape index (κ2) is 19.7. The van der Waals surface area contributed by atoms with Crippen molar-refractivity contribution in [3.05, 3.63) is 0 Å². The number of ketones is 1. The molecule has 0 amide bonds. The van der Waals surface area contributed by atoms with Crippen molar-refractivity contribution in [1.29, 1.82) is 0 Å². The van der Waals surface area contributed by atoms with Crippen LogP contribution in [0.15, 0.2) is 0 Å². The van der Waals surface area contributed by atoms with Crippen molar-refractivity contribution in [3.8, 4) is 0 Å². The van der Waals surface area contributed by atoms with Gasteiger partial charge in [-0.1, -0.05) is 20.8 Å². The van der Waals surface area contributed by atoms with E-state index in [1.807, 2.05) is 0 Å². The summed E-state index contributed by atoms with van der Waals surface area (Å²) in [7, 11) is 0. The average Bonchev–Trinajstić information content (AvgIpc) is 2.61. The largest absolute Gasteiger partial charge is 0.394 e. The van der Waals surface area contributed by atoms with E-state index in [0.29, 0.717) is 18.8 Å². The molecule has 1 aliphatic heterocycles. The molecule has 2 rings (SSSR count). The van der Waals surface area contributed by atoms with E-state index < -0.39 is 54.1 Å². The Morgan fingerprint density at radius 3 is 1.85 bits per heavy atom. The molecule has 8 nitrogen and oxygen atoms in total. The first-order valence-electron chi connectivity index (χ1n) is 10.0. The fraction of sp³-hybridized carbons (Fsp3) is 0.950. The Bertz CT molecular complexity index is 571. The van der Waals surface area contributed by atoms with E-state index in [9.17, 15) is 30.3 Å². The van der Waals surface area contributed by atoms with Gasteiger partial charge in [0.25, 0.3) is 0 Å². The third kappa shape index (κ3) is 11.3. The molecule has 13 heteroatoms. The molecular formula is C20H36Ac5O8. The molecule has 0 aromatic rings. The van der Waals surface area contributed by atoms with Crippen LogP contribution >= 0.6 is 0 Å². The molecule has 6 atom stereocenters. The van der Waals surface area contributed by atoms with Gasteiger partial charge in [0.05, 0.1) is 12.7 Å². The van der Waals surface area contributed by atoms with Crippen LogP contribution in [0.25, 0.3) is 0 Å². The molecule has 1 saturated heterocycles. The van der Waals surface area contributed by atoms with Crippen molar-refractivity contribution in [2.45, 2.75) is 102 Å². The van der Waals surface area contributed by atoms with Crippen molar-refractivity contribution in [2.75, 3.05) is 6.61 Å². The number of Topliss-reactive ketones (excluding diaryl/α,β-unsaturated/α-hetero) is 1. The number of carbonyl (C=O) groups is 1. The van der Waals surface area contributed by atoms with Crippen molar-refractivity contribution < 1.29 is 260 Å². The van der Waals surface area contributed by atoms with Gasteiger partial charge >= 0.3 is 0 Å². The summed E-state index contributed by atoms with van der Waals surface area (Å²) >= 11 is 0. The summed E-state index contributed by atoms with van der Waals surface area (Å²) in [5, 5.41) is 61.3. The number of hydrogen-bond acceptors (Lipinski definition) is 8. The summed E-state index contributed by atoms with van der Waals surface area (Å²) in [5.74, 6) is -0.153. The van der Waals surface area contributed by atoms with E-state index in [4.69, 9.17) is 9.84 Å². The number of hydrogen-bond donors (Lipinski definition) is 6. The molecule has 0 aromatic carbocycles. The van der Waals surface area contributed by atoms with Gasteiger partial charge in [0.15, 0.2) is 11.4 Å². The van der Waals surface area contributed by atoms with Gasteiger partial charge in [0.1, 0.15) is 30.0 Å². The van der Waals surface area contributed by atoms with Gasteiger partial charge in [0, 0.05) is 227 Å². The number of carbonyl (C=O) groups excluding carboxylic acids is 1. The van der Waals surface area contributed by atoms with Crippen LogP contribution in [0.2, 0.25) is 0 Å². The summed E-state index contributed by atoms with van der Waals surface area (Å²) < 4.78 is 5.84. The Hall–Kier alpha value is 6.60. The summed E-state index contributed by atoms with van der Waals surface area (Å²) in [6.45, 7) is 6.85. The Labute approximate surface area is 376 Å². The molecule has 5 radical (unpaired) electrons. The van der Waals surface area contributed by atoms with Crippen molar-refractivity contribution in [3.63, 3.8) is 0 Å². The monoisotopic (exact) mass is 1540 g/mol. The van der Waals surface area contributed by atoms with Gasteiger partial charge in [-0.05, 0) is 43.9 Å². The average molecular weight is 1540 g/mol. The fourth-order valence-corrected chi connectivity index (χ4v) is 4.80. The number of aliphatic hydroxyl groups is 6. The maximum absolute atomic E-state index is 12.7. The van der Waals surface area contributed by atoms with E-state index >= 15 is 0 Å².